The highest BCUT2D eigenvalue weighted by molar-refractivity contribution is 6.05. The van der Waals surface area contributed by atoms with Crippen LogP contribution in [0.25, 0.3) is 10.8 Å². The fraction of sp³-hybridized carbons (Fsp3) is 0.143. The largest absolute Gasteiger partial charge is 0.494 e. The highest BCUT2D eigenvalue weighted by atomic mass is 16.6. The maximum absolute atomic E-state index is 12.6. The molecule has 0 spiro atoms. The van der Waals surface area contributed by atoms with Gasteiger partial charge >= 0.3 is 5.97 Å². The fourth-order valence-corrected chi connectivity index (χ4v) is 2.81. The van der Waals surface area contributed by atoms with Gasteiger partial charge in [0.2, 0.25) is 0 Å². The number of hydrogen-bond acceptors (Lipinski definition) is 6. The van der Waals surface area contributed by atoms with E-state index in [0.29, 0.717) is 5.56 Å². The minimum Gasteiger partial charge on any atom is -0.494 e. The molecule has 3 aromatic rings. The van der Waals surface area contributed by atoms with E-state index in [1.165, 1.54) is 32.2 Å². The fourth-order valence-electron chi connectivity index (χ4n) is 2.81. The number of benzene rings is 3. The standard InChI is InChI=1S/C21H18N2O6/c1-13(20(24)22-18-11-10-15(23(26)27)12-19(18)28-2)29-21(25)17-9-5-7-14-6-3-4-8-16(14)17/h3-13H,1-2H3,(H,22,24)/t13-/m0/s1. The summed E-state index contributed by atoms with van der Waals surface area (Å²) in [5, 5.41) is 15.0. The molecule has 0 heterocycles. The summed E-state index contributed by atoms with van der Waals surface area (Å²) in [6.45, 7) is 1.44. The molecule has 0 fully saturated rings. The molecule has 8 heteroatoms. The van der Waals surface area contributed by atoms with Gasteiger partial charge in [0.1, 0.15) is 5.75 Å². The Hall–Kier alpha value is -3.94. The summed E-state index contributed by atoms with van der Waals surface area (Å²) in [4.78, 5) is 35.3. The van der Waals surface area contributed by atoms with E-state index in [0.717, 1.165) is 10.8 Å². The third-order valence-electron chi connectivity index (χ3n) is 4.32. The molecule has 3 aromatic carbocycles. The van der Waals surface area contributed by atoms with Gasteiger partial charge in [-0.15, -0.1) is 0 Å². The van der Waals surface area contributed by atoms with E-state index >= 15 is 0 Å². The molecule has 3 rings (SSSR count). The first-order valence-electron chi connectivity index (χ1n) is 8.72. The molecule has 0 aliphatic heterocycles. The molecule has 0 radical (unpaired) electrons. The number of amides is 1. The van der Waals surface area contributed by atoms with Crippen molar-refractivity contribution in [2.45, 2.75) is 13.0 Å². The molecule has 1 amide bonds. The number of esters is 1. The third-order valence-corrected chi connectivity index (χ3v) is 4.32. The Kier molecular flexibility index (Phi) is 5.73. The van der Waals surface area contributed by atoms with E-state index in [2.05, 4.69) is 5.32 Å². The van der Waals surface area contributed by atoms with Crippen LogP contribution in [0.4, 0.5) is 11.4 Å². The lowest BCUT2D eigenvalue weighted by atomic mass is 10.0. The van der Waals surface area contributed by atoms with Crippen molar-refractivity contribution < 1.29 is 24.0 Å². The first-order chi connectivity index (χ1) is 13.9. The van der Waals surface area contributed by atoms with Crippen molar-refractivity contribution >= 4 is 34.0 Å². The minimum atomic E-state index is -1.10. The Morgan fingerprint density at radius 3 is 2.52 bits per heavy atom. The second-order valence-corrected chi connectivity index (χ2v) is 6.21. The van der Waals surface area contributed by atoms with Gasteiger partial charge in [-0.25, -0.2) is 4.79 Å². The molecule has 0 aliphatic carbocycles. The molecule has 1 N–H and O–H groups in total. The van der Waals surface area contributed by atoms with E-state index in [9.17, 15) is 19.7 Å². The van der Waals surface area contributed by atoms with E-state index < -0.39 is 22.9 Å². The molecule has 0 bridgehead atoms. The molecule has 1 atom stereocenters. The summed E-state index contributed by atoms with van der Waals surface area (Å²) in [7, 11) is 1.33. The highest BCUT2D eigenvalue weighted by Gasteiger charge is 2.22. The van der Waals surface area contributed by atoms with Gasteiger partial charge in [0, 0.05) is 6.07 Å². The number of ether oxygens (including phenoxy) is 2. The number of non-ortho nitro benzene ring substituents is 1. The normalized spacial score (nSPS) is 11.5. The predicted octanol–water partition coefficient (Wildman–Crippen LogP) is 3.94. The van der Waals surface area contributed by atoms with Gasteiger partial charge in [0.05, 0.1) is 29.4 Å². The quantitative estimate of drug-likeness (QED) is 0.385. The lowest BCUT2D eigenvalue weighted by molar-refractivity contribution is -0.384. The number of fused-ring (bicyclic) bond motifs is 1. The van der Waals surface area contributed by atoms with E-state index in [-0.39, 0.29) is 17.1 Å². The SMILES string of the molecule is COc1cc([N+](=O)[O-])ccc1NC(=O)[C@H](C)OC(=O)c1cccc2ccccc12. The average molecular weight is 394 g/mol. The zero-order valence-electron chi connectivity index (χ0n) is 15.7. The van der Waals surface area contributed by atoms with Crippen LogP contribution in [0.2, 0.25) is 0 Å². The van der Waals surface area contributed by atoms with Gasteiger partial charge in [0.15, 0.2) is 6.10 Å². The Labute approximate surface area is 166 Å². The van der Waals surface area contributed by atoms with Crippen LogP contribution >= 0.6 is 0 Å². The first kappa shape index (κ1) is 19.8. The summed E-state index contributed by atoms with van der Waals surface area (Å²) in [6, 6.07) is 16.4. The van der Waals surface area contributed by atoms with Crippen LogP contribution in [0, 0.1) is 10.1 Å². The monoisotopic (exact) mass is 394 g/mol. The maximum Gasteiger partial charge on any atom is 0.339 e. The van der Waals surface area contributed by atoms with Gasteiger partial charge < -0.3 is 14.8 Å². The number of anilines is 1. The van der Waals surface area contributed by atoms with Gasteiger partial charge in [-0.2, -0.15) is 0 Å². The lowest BCUT2D eigenvalue weighted by Crippen LogP contribution is -2.30. The third kappa shape index (κ3) is 4.32. The molecular weight excluding hydrogens is 376 g/mol. The number of carbonyl (C=O) groups is 2. The number of rotatable bonds is 6. The number of methoxy groups -OCH3 is 1. The number of carbonyl (C=O) groups excluding carboxylic acids is 2. The number of hydrogen-bond donors (Lipinski definition) is 1. The maximum atomic E-state index is 12.6. The molecule has 0 saturated carbocycles. The average Bonchev–Trinajstić information content (AvgIpc) is 2.73. The number of nitrogens with zero attached hydrogens (tertiary/aromatic N) is 1. The van der Waals surface area contributed by atoms with Crippen molar-refractivity contribution in [1.82, 2.24) is 0 Å². The first-order valence-corrected chi connectivity index (χ1v) is 8.72. The molecule has 0 saturated heterocycles. The zero-order chi connectivity index (χ0) is 21.0. The Balaban J connectivity index is 1.74. The Bertz CT molecular complexity index is 1090. The van der Waals surface area contributed by atoms with Gasteiger partial charge in [-0.3, -0.25) is 14.9 Å². The van der Waals surface area contributed by atoms with Crippen LogP contribution in [0.5, 0.6) is 5.75 Å². The van der Waals surface area contributed by atoms with Crippen molar-refractivity contribution in [2.75, 3.05) is 12.4 Å². The summed E-state index contributed by atoms with van der Waals surface area (Å²) in [5.74, 6) is -1.09. The minimum absolute atomic E-state index is 0.125. The summed E-state index contributed by atoms with van der Waals surface area (Å²) in [6.07, 6.45) is -1.10. The molecule has 148 valence electrons. The molecule has 8 nitrogen and oxygen atoms in total. The van der Waals surface area contributed by atoms with Crippen molar-refractivity contribution in [1.29, 1.82) is 0 Å². The predicted molar refractivity (Wildman–Crippen MR) is 107 cm³/mol. The van der Waals surface area contributed by atoms with Crippen molar-refractivity contribution in [2.24, 2.45) is 0 Å². The van der Waals surface area contributed by atoms with E-state index in [4.69, 9.17) is 9.47 Å². The van der Waals surface area contributed by atoms with Crippen LogP contribution in [0.15, 0.2) is 60.7 Å². The zero-order valence-corrected chi connectivity index (χ0v) is 15.7. The van der Waals surface area contributed by atoms with Crippen molar-refractivity contribution in [3.63, 3.8) is 0 Å². The topological polar surface area (TPSA) is 108 Å². The number of nitro benzene ring substituents is 1. The summed E-state index contributed by atoms with van der Waals surface area (Å²) in [5.41, 5.74) is 0.419. The van der Waals surface area contributed by atoms with Crippen LogP contribution < -0.4 is 10.1 Å². The number of nitro groups is 1. The summed E-state index contributed by atoms with van der Waals surface area (Å²) >= 11 is 0. The lowest BCUT2D eigenvalue weighted by Gasteiger charge is -2.15. The van der Waals surface area contributed by atoms with Crippen LogP contribution in [-0.4, -0.2) is 30.0 Å². The second kappa shape index (κ2) is 8.39. The van der Waals surface area contributed by atoms with Crippen molar-refractivity contribution in [3.8, 4) is 5.75 Å². The highest BCUT2D eigenvalue weighted by Crippen LogP contribution is 2.29. The Morgan fingerprint density at radius 2 is 1.79 bits per heavy atom. The van der Waals surface area contributed by atoms with Crippen LogP contribution in [-0.2, 0) is 9.53 Å². The van der Waals surface area contributed by atoms with E-state index in [1.807, 2.05) is 24.3 Å². The summed E-state index contributed by atoms with van der Waals surface area (Å²) < 4.78 is 10.4. The van der Waals surface area contributed by atoms with Gasteiger partial charge in [0.25, 0.3) is 11.6 Å². The number of nitrogens with one attached hydrogen (secondary N) is 1. The van der Waals surface area contributed by atoms with Gasteiger partial charge in [-0.1, -0.05) is 36.4 Å². The van der Waals surface area contributed by atoms with Crippen LogP contribution in [0.1, 0.15) is 17.3 Å². The smallest absolute Gasteiger partial charge is 0.339 e. The van der Waals surface area contributed by atoms with Crippen LogP contribution in [0.3, 0.4) is 0 Å². The van der Waals surface area contributed by atoms with Crippen molar-refractivity contribution in [3.05, 3.63) is 76.3 Å². The second-order valence-electron chi connectivity index (χ2n) is 6.21. The van der Waals surface area contributed by atoms with E-state index in [1.54, 1.807) is 18.2 Å². The molecule has 0 aliphatic rings. The molecule has 29 heavy (non-hydrogen) atoms. The molecule has 0 unspecified atom stereocenters. The molecular formula is C21H18N2O6. The molecule has 0 aromatic heterocycles. The van der Waals surface area contributed by atoms with Gasteiger partial charge in [-0.05, 0) is 29.8 Å². The Morgan fingerprint density at radius 1 is 1.07 bits per heavy atom.